The largest absolute Gasteiger partial charge is 0.356 e. The summed E-state index contributed by atoms with van der Waals surface area (Å²) >= 11 is 0. The van der Waals surface area contributed by atoms with Gasteiger partial charge in [-0.05, 0) is 30.6 Å². The second-order valence-corrected chi connectivity index (χ2v) is 5.33. The predicted octanol–water partition coefficient (Wildman–Crippen LogP) is 3.23. The van der Waals surface area contributed by atoms with Crippen LogP contribution in [-0.4, -0.2) is 20.5 Å². The van der Waals surface area contributed by atoms with Gasteiger partial charge in [-0.1, -0.05) is 19.4 Å². The molecule has 0 aromatic carbocycles. The molecule has 1 aliphatic rings. The Balaban J connectivity index is 2.47. The van der Waals surface area contributed by atoms with Crippen molar-refractivity contribution < 1.29 is 9.47 Å². The lowest BCUT2D eigenvalue weighted by molar-refractivity contribution is -0.110. The topological polar surface area (TPSA) is 18.5 Å². The van der Waals surface area contributed by atoms with Crippen LogP contribution in [-0.2, 0) is 9.47 Å². The zero-order valence-corrected chi connectivity index (χ0v) is 10.7. The van der Waals surface area contributed by atoms with Crippen molar-refractivity contribution in [2.24, 2.45) is 17.3 Å². The number of hydrogen-bond acceptors (Lipinski definition) is 2. The molecule has 0 spiro atoms. The maximum Gasteiger partial charge on any atom is 0.157 e. The first kappa shape index (κ1) is 12.7. The molecule has 2 atom stereocenters. The summed E-state index contributed by atoms with van der Waals surface area (Å²) < 4.78 is 10.5. The van der Waals surface area contributed by atoms with E-state index < -0.39 is 0 Å². The monoisotopic (exact) mass is 212 g/mol. The zero-order chi connectivity index (χ0) is 11.6. The van der Waals surface area contributed by atoms with E-state index in [1.807, 2.05) is 0 Å². The summed E-state index contributed by atoms with van der Waals surface area (Å²) in [5.74, 6) is 1.46. The van der Waals surface area contributed by atoms with Gasteiger partial charge in [0.25, 0.3) is 0 Å². The lowest BCUT2D eigenvalue weighted by atomic mass is 10.0. The molecule has 2 heteroatoms. The second kappa shape index (κ2) is 4.67. The first-order valence-corrected chi connectivity index (χ1v) is 5.63. The van der Waals surface area contributed by atoms with Crippen molar-refractivity contribution in [3.05, 3.63) is 12.2 Å². The summed E-state index contributed by atoms with van der Waals surface area (Å²) in [6.07, 6.45) is 2.08. The quantitative estimate of drug-likeness (QED) is 0.497. The van der Waals surface area contributed by atoms with Gasteiger partial charge in [-0.25, -0.2) is 0 Å². The highest BCUT2D eigenvalue weighted by Gasteiger charge is 2.57. The van der Waals surface area contributed by atoms with Crippen molar-refractivity contribution in [3.63, 3.8) is 0 Å². The van der Waals surface area contributed by atoms with Gasteiger partial charge in [-0.3, -0.25) is 0 Å². The van der Waals surface area contributed by atoms with Gasteiger partial charge in [0.15, 0.2) is 6.29 Å². The van der Waals surface area contributed by atoms with Crippen LogP contribution < -0.4 is 0 Å². The minimum absolute atomic E-state index is 0.0515. The smallest absolute Gasteiger partial charge is 0.157 e. The van der Waals surface area contributed by atoms with Crippen LogP contribution in [0.3, 0.4) is 0 Å². The minimum atomic E-state index is -0.0515. The fourth-order valence-corrected chi connectivity index (χ4v) is 2.60. The Hall–Kier alpha value is -0.340. The maximum atomic E-state index is 5.25. The van der Waals surface area contributed by atoms with Gasteiger partial charge in [0, 0.05) is 20.6 Å². The van der Waals surface area contributed by atoms with E-state index >= 15 is 0 Å². The van der Waals surface area contributed by atoms with Crippen LogP contribution in [0.25, 0.3) is 0 Å². The number of hydrogen-bond donors (Lipinski definition) is 0. The average molecular weight is 212 g/mol. The van der Waals surface area contributed by atoms with Gasteiger partial charge in [0.05, 0.1) is 0 Å². The summed E-state index contributed by atoms with van der Waals surface area (Å²) in [6, 6.07) is 0. The molecule has 0 aromatic rings. The molecule has 0 bridgehead atoms. The van der Waals surface area contributed by atoms with Crippen LogP contribution in [0.1, 0.15) is 33.6 Å². The molecule has 1 aliphatic carbocycles. The summed E-state index contributed by atoms with van der Waals surface area (Å²) in [5, 5.41) is 0. The molecule has 0 saturated heterocycles. The van der Waals surface area contributed by atoms with Crippen molar-refractivity contribution >= 4 is 0 Å². The normalized spacial score (nSPS) is 28.1. The van der Waals surface area contributed by atoms with Crippen LogP contribution in [0.2, 0.25) is 0 Å². The maximum absolute atomic E-state index is 5.25. The van der Waals surface area contributed by atoms with Crippen molar-refractivity contribution in [3.8, 4) is 0 Å². The SMILES string of the molecule is C=C(C)C[C@H]1[C@@H](CC(OC)OC)C1(C)C. The fourth-order valence-electron chi connectivity index (χ4n) is 2.60. The molecule has 0 unspecified atom stereocenters. The Labute approximate surface area is 93.7 Å². The van der Waals surface area contributed by atoms with Gasteiger partial charge < -0.3 is 9.47 Å². The van der Waals surface area contributed by atoms with E-state index in [0.29, 0.717) is 11.3 Å². The van der Waals surface area contributed by atoms with Crippen LogP contribution in [0.15, 0.2) is 12.2 Å². The van der Waals surface area contributed by atoms with Crippen LogP contribution >= 0.6 is 0 Å². The molecular formula is C13H24O2. The second-order valence-electron chi connectivity index (χ2n) is 5.33. The van der Waals surface area contributed by atoms with Crippen LogP contribution in [0.5, 0.6) is 0 Å². The molecule has 0 N–H and O–H groups in total. The van der Waals surface area contributed by atoms with Crippen LogP contribution in [0.4, 0.5) is 0 Å². The molecule has 1 rings (SSSR count). The summed E-state index contributed by atoms with van der Waals surface area (Å²) in [6.45, 7) is 10.8. The van der Waals surface area contributed by atoms with Gasteiger partial charge >= 0.3 is 0 Å². The molecule has 0 radical (unpaired) electrons. The van der Waals surface area contributed by atoms with Gasteiger partial charge in [0.2, 0.25) is 0 Å². The Morgan fingerprint density at radius 1 is 1.27 bits per heavy atom. The molecule has 2 nitrogen and oxygen atoms in total. The minimum Gasteiger partial charge on any atom is -0.356 e. The molecule has 0 amide bonds. The van der Waals surface area contributed by atoms with Gasteiger partial charge in [-0.15, -0.1) is 6.58 Å². The van der Waals surface area contributed by atoms with E-state index in [-0.39, 0.29) is 6.29 Å². The number of allylic oxidation sites excluding steroid dienone is 1. The van der Waals surface area contributed by atoms with Crippen molar-refractivity contribution in [2.75, 3.05) is 14.2 Å². The summed E-state index contributed by atoms with van der Waals surface area (Å²) in [4.78, 5) is 0. The first-order valence-electron chi connectivity index (χ1n) is 5.63. The number of methoxy groups -OCH3 is 2. The molecule has 1 fully saturated rings. The average Bonchev–Trinajstić information content (AvgIpc) is 2.63. The van der Waals surface area contributed by atoms with E-state index in [1.54, 1.807) is 14.2 Å². The molecule has 88 valence electrons. The summed E-state index contributed by atoms with van der Waals surface area (Å²) in [5.41, 5.74) is 1.70. The molecule has 0 heterocycles. The molecule has 1 saturated carbocycles. The van der Waals surface area contributed by atoms with Crippen LogP contribution in [0, 0.1) is 17.3 Å². The highest BCUT2D eigenvalue weighted by Crippen LogP contribution is 2.62. The predicted molar refractivity (Wildman–Crippen MR) is 62.6 cm³/mol. The van der Waals surface area contributed by atoms with E-state index in [2.05, 4.69) is 27.4 Å². The van der Waals surface area contributed by atoms with E-state index in [4.69, 9.17) is 9.47 Å². The van der Waals surface area contributed by atoms with E-state index in [1.165, 1.54) is 5.57 Å². The lowest BCUT2D eigenvalue weighted by Crippen LogP contribution is -2.14. The zero-order valence-electron chi connectivity index (χ0n) is 10.7. The van der Waals surface area contributed by atoms with Gasteiger partial charge in [0.1, 0.15) is 0 Å². The highest BCUT2D eigenvalue weighted by atomic mass is 16.7. The van der Waals surface area contributed by atoms with Gasteiger partial charge in [-0.2, -0.15) is 0 Å². The van der Waals surface area contributed by atoms with Crippen molar-refractivity contribution in [1.29, 1.82) is 0 Å². The third-order valence-corrected chi connectivity index (χ3v) is 3.83. The molecule has 15 heavy (non-hydrogen) atoms. The number of ether oxygens (including phenoxy) is 2. The Morgan fingerprint density at radius 3 is 2.20 bits per heavy atom. The summed E-state index contributed by atoms with van der Waals surface area (Å²) in [7, 11) is 3.41. The molecule has 0 aromatic heterocycles. The first-order chi connectivity index (χ1) is 6.93. The van der Waals surface area contributed by atoms with Crippen molar-refractivity contribution in [1.82, 2.24) is 0 Å². The fraction of sp³-hybridized carbons (Fsp3) is 0.846. The number of rotatable bonds is 6. The molecule has 0 aliphatic heterocycles. The van der Waals surface area contributed by atoms with E-state index in [0.717, 1.165) is 18.8 Å². The molecular weight excluding hydrogens is 188 g/mol. The lowest BCUT2D eigenvalue weighted by Gasteiger charge is -2.13. The third kappa shape index (κ3) is 2.82. The highest BCUT2D eigenvalue weighted by molar-refractivity contribution is 5.10. The van der Waals surface area contributed by atoms with E-state index in [9.17, 15) is 0 Å². The standard InChI is InChI=1S/C13H24O2/c1-9(2)7-10-11(13(10,3)4)8-12(14-5)15-6/h10-12H,1,7-8H2,2-6H3/t10-,11+/m0/s1. The Morgan fingerprint density at radius 2 is 1.80 bits per heavy atom. The Kier molecular flexibility index (Phi) is 3.96. The Bertz CT molecular complexity index is 229. The third-order valence-electron chi connectivity index (χ3n) is 3.83. The van der Waals surface area contributed by atoms with Crippen molar-refractivity contribution in [2.45, 2.75) is 39.9 Å².